The number of carbonyl (C=O) groups excluding carboxylic acids is 2. The van der Waals surface area contributed by atoms with E-state index in [-0.39, 0.29) is 31.1 Å². The summed E-state index contributed by atoms with van der Waals surface area (Å²) in [6, 6.07) is 5.72. The third-order valence-electron chi connectivity index (χ3n) is 5.86. The van der Waals surface area contributed by atoms with Crippen LogP contribution in [0.2, 0.25) is 0 Å². The topological polar surface area (TPSA) is 69.6 Å². The average molecular weight is 488 g/mol. The van der Waals surface area contributed by atoms with Gasteiger partial charge in [0.25, 0.3) is 0 Å². The summed E-state index contributed by atoms with van der Waals surface area (Å²) in [5.41, 5.74) is -4.37. The first-order chi connectivity index (χ1) is 15.7. The van der Waals surface area contributed by atoms with Gasteiger partial charge in [0, 0.05) is 19.6 Å². The number of anilines is 2. The number of nitrogens with one attached hydrogen (secondary N) is 1. The molecule has 1 fully saturated rings. The maximum absolute atomic E-state index is 13.9. The molecule has 1 aliphatic rings. The number of carbonyl (C=O) groups is 2. The number of benzene rings is 2. The largest absolute Gasteiger partial charge is 0.416 e. The number of aliphatic hydroxyl groups is 1. The molecule has 2 N–H and O–H groups in total. The van der Waals surface area contributed by atoms with Crippen molar-refractivity contribution in [2.24, 2.45) is 5.41 Å². The zero-order chi connectivity index (χ0) is 25.5. The predicted octanol–water partition coefficient (Wildman–Crippen LogP) is 4.89. The van der Waals surface area contributed by atoms with E-state index in [1.54, 1.807) is 32.0 Å². The normalized spacial score (nSPS) is 18.7. The molecule has 34 heavy (non-hydrogen) atoms. The van der Waals surface area contributed by atoms with Crippen LogP contribution in [-0.4, -0.2) is 30.1 Å². The van der Waals surface area contributed by atoms with Crippen molar-refractivity contribution in [1.29, 1.82) is 0 Å². The quantitative estimate of drug-likeness (QED) is 0.589. The molecule has 184 valence electrons. The van der Waals surface area contributed by atoms with Crippen LogP contribution >= 0.6 is 0 Å². The Morgan fingerprint density at radius 3 is 1.97 bits per heavy atom. The molecule has 0 aromatic heterocycles. The number of hydrogen-bond donors (Lipinski definition) is 2. The van der Waals surface area contributed by atoms with Crippen molar-refractivity contribution >= 4 is 23.2 Å². The molecule has 1 aliphatic heterocycles. The zero-order valence-electron chi connectivity index (χ0n) is 18.3. The van der Waals surface area contributed by atoms with E-state index in [9.17, 15) is 41.0 Å². The first kappa shape index (κ1) is 25.5. The Morgan fingerprint density at radius 1 is 1.03 bits per heavy atom. The molecule has 5 nitrogen and oxygen atoms in total. The Morgan fingerprint density at radius 2 is 1.56 bits per heavy atom. The third-order valence-corrected chi connectivity index (χ3v) is 5.86. The summed E-state index contributed by atoms with van der Waals surface area (Å²) in [6.45, 7) is 2.41. The molecule has 1 unspecified atom stereocenters. The van der Waals surface area contributed by atoms with Crippen LogP contribution in [0.1, 0.15) is 35.1 Å². The van der Waals surface area contributed by atoms with Gasteiger partial charge in [-0.15, -0.1) is 0 Å². The van der Waals surface area contributed by atoms with Gasteiger partial charge in [0.05, 0.1) is 27.9 Å². The molecule has 0 bridgehead atoms. The number of aryl methyl sites for hydroxylation is 2. The Balaban J connectivity index is 2.34. The minimum atomic E-state index is -5.11. The molecule has 11 heteroatoms. The van der Waals surface area contributed by atoms with Crippen molar-refractivity contribution in [3.63, 3.8) is 0 Å². The standard InChI is InChI=1S/C23H22F6N2O3/c1-13-4-3-5-14(2)19(13)31(20(34)21(6-7-32)11-18(33)30-12-21)17-9-15(22(24,25)26)8-16(10-17)23(27,28)29/h3-5,8-10,32H,6-7,11-12H2,1-2H3,(H,30,33). The van der Waals surface area contributed by atoms with Gasteiger partial charge in [0.1, 0.15) is 0 Å². The summed E-state index contributed by atoms with van der Waals surface area (Å²) in [5.74, 6) is -1.40. The van der Waals surface area contributed by atoms with Crippen LogP contribution in [0.15, 0.2) is 36.4 Å². The van der Waals surface area contributed by atoms with Gasteiger partial charge in [0.2, 0.25) is 11.8 Å². The van der Waals surface area contributed by atoms with Crippen molar-refractivity contribution in [3.8, 4) is 0 Å². The molecule has 0 spiro atoms. The number of nitrogens with zero attached hydrogens (tertiary/aromatic N) is 1. The lowest BCUT2D eigenvalue weighted by molar-refractivity contribution is -0.143. The Bertz CT molecular complexity index is 1060. The average Bonchev–Trinajstić information content (AvgIpc) is 3.10. The van der Waals surface area contributed by atoms with E-state index >= 15 is 0 Å². The van der Waals surface area contributed by atoms with Gasteiger partial charge in [-0.2, -0.15) is 26.3 Å². The second kappa shape index (κ2) is 8.94. The lowest BCUT2D eigenvalue weighted by atomic mass is 9.81. The summed E-state index contributed by atoms with van der Waals surface area (Å²) in [6.07, 6.45) is -10.8. The Hall–Kier alpha value is -3.08. The van der Waals surface area contributed by atoms with Crippen LogP contribution in [-0.2, 0) is 21.9 Å². The highest BCUT2D eigenvalue weighted by Gasteiger charge is 2.48. The zero-order valence-corrected chi connectivity index (χ0v) is 18.3. The molecule has 1 saturated heterocycles. The third kappa shape index (κ3) is 4.89. The molecular formula is C23H22F6N2O3. The number of alkyl halides is 6. The smallest absolute Gasteiger partial charge is 0.396 e. The van der Waals surface area contributed by atoms with Gasteiger partial charge in [-0.25, -0.2) is 0 Å². The van der Waals surface area contributed by atoms with Crippen molar-refractivity contribution in [2.75, 3.05) is 18.1 Å². The van der Waals surface area contributed by atoms with Crippen LogP contribution in [0, 0.1) is 19.3 Å². The van der Waals surface area contributed by atoms with Gasteiger partial charge in [0.15, 0.2) is 0 Å². The van der Waals surface area contributed by atoms with Gasteiger partial charge in [-0.3, -0.25) is 14.5 Å². The van der Waals surface area contributed by atoms with Gasteiger partial charge in [-0.1, -0.05) is 18.2 Å². The SMILES string of the molecule is Cc1cccc(C)c1N(C(=O)C1(CCO)CNC(=O)C1)c1cc(C(F)(F)F)cc(C(F)(F)F)c1. The van der Waals surface area contributed by atoms with Gasteiger partial charge < -0.3 is 10.4 Å². The fourth-order valence-electron chi connectivity index (χ4n) is 4.16. The Kier molecular flexibility index (Phi) is 6.71. The van der Waals surface area contributed by atoms with E-state index in [4.69, 9.17) is 0 Å². The Labute approximate surface area is 191 Å². The summed E-state index contributed by atoms with van der Waals surface area (Å²) in [7, 11) is 0. The molecule has 2 aromatic carbocycles. The molecule has 0 saturated carbocycles. The van der Waals surface area contributed by atoms with E-state index < -0.39 is 53.0 Å². The monoisotopic (exact) mass is 488 g/mol. The first-order valence-electron chi connectivity index (χ1n) is 10.3. The molecule has 1 heterocycles. The number of halogens is 6. The van der Waals surface area contributed by atoms with Crippen LogP contribution < -0.4 is 10.2 Å². The summed E-state index contributed by atoms with van der Waals surface area (Å²) >= 11 is 0. The number of amides is 2. The van der Waals surface area contributed by atoms with Crippen LogP contribution in [0.5, 0.6) is 0 Å². The highest BCUT2D eigenvalue weighted by atomic mass is 19.4. The molecule has 2 amide bonds. The van der Waals surface area contributed by atoms with Crippen LogP contribution in [0.25, 0.3) is 0 Å². The number of hydrogen-bond acceptors (Lipinski definition) is 3. The summed E-state index contributed by atoms with van der Waals surface area (Å²) < 4.78 is 81.3. The van der Waals surface area contributed by atoms with Crippen molar-refractivity contribution in [2.45, 2.75) is 39.0 Å². The van der Waals surface area contributed by atoms with Crippen molar-refractivity contribution in [3.05, 3.63) is 58.7 Å². The molecule has 0 radical (unpaired) electrons. The summed E-state index contributed by atoms with van der Waals surface area (Å²) in [4.78, 5) is 26.7. The molecule has 0 aliphatic carbocycles. The highest BCUT2D eigenvalue weighted by molar-refractivity contribution is 6.07. The second-order valence-corrected chi connectivity index (χ2v) is 8.35. The first-order valence-corrected chi connectivity index (χ1v) is 10.3. The lowest BCUT2D eigenvalue weighted by Crippen LogP contribution is -2.44. The second-order valence-electron chi connectivity index (χ2n) is 8.35. The van der Waals surface area contributed by atoms with Gasteiger partial charge >= 0.3 is 12.4 Å². The minimum Gasteiger partial charge on any atom is -0.396 e. The molecule has 3 rings (SSSR count). The summed E-state index contributed by atoms with van der Waals surface area (Å²) in [5, 5.41) is 12.0. The number of para-hydroxylation sites is 1. The van der Waals surface area contributed by atoms with Crippen LogP contribution in [0.3, 0.4) is 0 Å². The molecule has 1 atom stereocenters. The number of aliphatic hydroxyl groups excluding tert-OH is 1. The fourth-order valence-corrected chi connectivity index (χ4v) is 4.16. The fraction of sp³-hybridized carbons (Fsp3) is 0.391. The molecule has 2 aromatic rings. The van der Waals surface area contributed by atoms with E-state index in [0.29, 0.717) is 23.3 Å². The maximum Gasteiger partial charge on any atom is 0.416 e. The predicted molar refractivity (Wildman–Crippen MR) is 111 cm³/mol. The van der Waals surface area contributed by atoms with Crippen LogP contribution in [0.4, 0.5) is 37.7 Å². The van der Waals surface area contributed by atoms with E-state index in [2.05, 4.69) is 5.32 Å². The number of rotatable bonds is 5. The van der Waals surface area contributed by atoms with E-state index in [1.807, 2.05) is 0 Å². The van der Waals surface area contributed by atoms with E-state index in [0.717, 1.165) is 4.90 Å². The maximum atomic E-state index is 13.9. The van der Waals surface area contributed by atoms with E-state index in [1.165, 1.54) is 0 Å². The minimum absolute atomic E-state index is 0.0129. The van der Waals surface area contributed by atoms with Crippen molar-refractivity contribution < 1.29 is 41.0 Å². The van der Waals surface area contributed by atoms with Crippen molar-refractivity contribution in [1.82, 2.24) is 5.32 Å². The van der Waals surface area contributed by atoms with Gasteiger partial charge in [-0.05, 0) is 49.6 Å². The lowest BCUT2D eigenvalue weighted by Gasteiger charge is -2.35. The highest BCUT2D eigenvalue weighted by Crippen LogP contribution is 2.44. The molecular weight excluding hydrogens is 466 g/mol.